The zero-order valence-corrected chi connectivity index (χ0v) is 17.7. The third-order valence-corrected chi connectivity index (χ3v) is 6.40. The summed E-state index contributed by atoms with van der Waals surface area (Å²) >= 11 is 1.72. The van der Waals surface area contributed by atoms with E-state index in [9.17, 15) is 4.79 Å². The lowest BCUT2D eigenvalue weighted by Gasteiger charge is -2.35. The molecule has 29 heavy (non-hydrogen) atoms. The van der Waals surface area contributed by atoms with Gasteiger partial charge in [0.05, 0.1) is 25.2 Å². The van der Waals surface area contributed by atoms with Crippen molar-refractivity contribution >= 4 is 33.3 Å². The van der Waals surface area contributed by atoms with Gasteiger partial charge in [-0.05, 0) is 24.6 Å². The molecule has 3 aromatic rings. The number of aryl methyl sites for hydroxylation is 1. The first-order valence-electron chi connectivity index (χ1n) is 9.64. The van der Waals surface area contributed by atoms with Crippen molar-refractivity contribution in [2.75, 3.05) is 45.3 Å². The number of ether oxygens (including phenoxy) is 2. The van der Waals surface area contributed by atoms with Crippen molar-refractivity contribution in [1.82, 2.24) is 14.9 Å². The van der Waals surface area contributed by atoms with E-state index < -0.39 is 0 Å². The van der Waals surface area contributed by atoms with Crippen molar-refractivity contribution in [2.24, 2.45) is 0 Å². The number of hydrogen-bond donors (Lipinski definition) is 0. The number of carbonyl (C=O) groups excluding carboxylic acids is 1. The number of carbonyl (C=O) groups is 1. The van der Waals surface area contributed by atoms with Gasteiger partial charge in [-0.15, -0.1) is 11.3 Å². The minimum absolute atomic E-state index is 0.0270. The smallest absolute Gasteiger partial charge is 0.257 e. The van der Waals surface area contributed by atoms with Crippen LogP contribution in [0.4, 0.5) is 5.82 Å². The SMILES string of the molecule is CCc1cc2c(N3CCN(C(=O)c4ccc(OC)cc4OC)CC3)ncnc2s1. The maximum atomic E-state index is 13.0. The molecule has 0 unspecified atom stereocenters. The number of methoxy groups -OCH3 is 2. The largest absolute Gasteiger partial charge is 0.497 e. The summed E-state index contributed by atoms with van der Waals surface area (Å²) in [5, 5.41) is 1.10. The van der Waals surface area contributed by atoms with Gasteiger partial charge in [-0.3, -0.25) is 4.79 Å². The fraction of sp³-hybridized carbons (Fsp3) is 0.381. The van der Waals surface area contributed by atoms with Gasteiger partial charge in [0.1, 0.15) is 28.5 Å². The number of fused-ring (bicyclic) bond motifs is 1. The van der Waals surface area contributed by atoms with Crippen LogP contribution in [0.3, 0.4) is 0 Å². The Morgan fingerprint density at radius 1 is 1.10 bits per heavy atom. The topological polar surface area (TPSA) is 67.8 Å². The number of aromatic nitrogens is 2. The van der Waals surface area contributed by atoms with E-state index >= 15 is 0 Å². The van der Waals surface area contributed by atoms with E-state index in [-0.39, 0.29) is 5.91 Å². The Bertz CT molecular complexity index is 1030. The Labute approximate surface area is 173 Å². The average Bonchev–Trinajstić information content (AvgIpc) is 3.22. The summed E-state index contributed by atoms with van der Waals surface area (Å²) in [5.74, 6) is 2.12. The first-order valence-corrected chi connectivity index (χ1v) is 10.5. The summed E-state index contributed by atoms with van der Waals surface area (Å²) in [6.45, 7) is 4.87. The molecule has 0 spiro atoms. The van der Waals surface area contributed by atoms with Gasteiger partial charge < -0.3 is 19.3 Å². The van der Waals surface area contributed by atoms with E-state index in [1.165, 1.54) is 4.88 Å². The Morgan fingerprint density at radius 2 is 1.90 bits per heavy atom. The van der Waals surface area contributed by atoms with Crippen LogP contribution in [0.2, 0.25) is 0 Å². The van der Waals surface area contributed by atoms with Gasteiger partial charge in [-0.1, -0.05) is 6.92 Å². The lowest BCUT2D eigenvalue weighted by Crippen LogP contribution is -2.49. The highest BCUT2D eigenvalue weighted by molar-refractivity contribution is 7.18. The van der Waals surface area contributed by atoms with Crippen LogP contribution in [0, 0.1) is 0 Å². The monoisotopic (exact) mass is 412 g/mol. The molecule has 0 aliphatic carbocycles. The zero-order valence-electron chi connectivity index (χ0n) is 16.8. The van der Waals surface area contributed by atoms with Crippen LogP contribution in [0.25, 0.3) is 10.2 Å². The zero-order chi connectivity index (χ0) is 20.4. The summed E-state index contributed by atoms with van der Waals surface area (Å²) in [7, 11) is 3.16. The molecule has 4 rings (SSSR count). The molecule has 152 valence electrons. The molecule has 7 nitrogen and oxygen atoms in total. The molecule has 3 heterocycles. The summed E-state index contributed by atoms with van der Waals surface area (Å²) in [4.78, 5) is 28.4. The van der Waals surface area contributed by atoms with Gasteiger partial charge in [0.2, 0.25) is 0 Å². The van der Waals surface area contributed by atoms with E-state index in [2.05, 4.69) is 27.9 Å². The van der Waals surface area contributed by atoms with E-state index in [0.717, 1.165) is 35.5 Å². The fourth-order valence-corrected chi connectivity index (χ4v) is 4.52. The number of thiophene rings is 1. The van der Waals surface area contributed by atoms with Crippen molar-refractivity contribution in [1.29, 1.82) is 0 Å². The van der Waals surface area contributed by atoms with Crippen molar-refractivity contribution in [2.45, 2.75) is 13.3 Å². The van der Waals surface area contributed by atoms with Gasteiger partial charge >= 0.3 is 0 Å². The Balaban J connectivity index is 1.50. The molecule has 0 N–H and O–H groups in total. The normalized spacial score (nSPS) is 14.3. The quantitative estimate of drug-likeness (QED) is 0.641. The van der Waals surface area contributed by atoms with Gasteiger partial charge in [-0.2, -0.15) is 0 Å². The van der Waals surface area contributed by atoms with Crippen LogP contribution in [0.1, 0.15) is 22.2 Å². The third kappa shape index (κ3) is 3.72. The number of rotatable bonds is 5. The third-order valence-electron chi connectivity index (χ3n) is 5.21. The number of amides is 1. The molecule has 1 aliphatic rings. The molecule has 1 fully saturated rings. The van der Waals surface area contributed by atoms with Gasteiger partial charge in [-0.25, -0.2) is 9.97 Å². The highest BCUT2D eigenvalue weighted by atomic mass is 32.1. The molecule has 8 heteroatoms. The molecule has 1 amide bonds. The second kappa shape index (κ2) is 8.24. The molecule has 1 aliphatic heterocycles. The predicted octanol–water partition coefficient (Wildman–Crippen LogP) is 3.23. The molecular formula is C21H24N4O3S. The Kier molecular flexibility index (Phi) is 5.53. The van der Waals surface area contributed by atoms with Crippen molar-refractivity contribution < 1.29 is 14.3 Å². The molecule has 1 aromatic carbocycles. The van der Waals surface area contributed by atoms with Crippen molar-refractivity contribution in [3.05, 3.63) is 41.0 Å². The van der Waals surface area contributed by atoms with Crippen LogP contribution in [0.15, 0.2) is 30.6 Å². The van der Waals surface area contributed by atoms with E-state index in [0.29, 0.717) is 30.2 Å². The first-order chi connectivity index (χ1) is 14.1. The first kappa shape index (κ1) is 19.4. The van der Waals surface area contributed by atoms with Crippen LogP contribution >= 0.6 is 11.3 Å². The molecule has 0 atom stereocenters. The number of piperazine rings is 1. The van der Waals surface area contributed by atoms with Gasteiger partial charge in [0.15, 0.2) is 0 Å². The summed E-state index contributed by atoms with van der Waals surface area (Å²) in [5.41, 5.74) is 0.552. The maximum Gasteiger partial charge on any atom is 0.257 e. The number of nitrogens with zero attached hydrogens (tertiary/aromatic N) is 4. The Hall–Kier alpha value is -2.87. The van der Waals surface area contributed by atoms with E-state index in [1.807, 2.05) is 4.90 Å². The van der Waals surface area contributed by atoms with Gasteiger partial charge in [0.25, 0.3) is 5.91 Å². The second-order valence-corrected chi connectivity index (χ2v) is 7.94. The van der Waals surface area contributed by atoms with E-state index in [1.54, 1.807) is 50.1 Å². The average molecular weight is 413 g/mol. The van der Waals surface area contributed by atoms with Gasteiger partial charge in [0, 0.05) is 37.1 Å². The Morgan fingerprint density at radius 3 is 2.59 bits per heavy atom. The number of anilines is 1. The predicted molar refractivity (Wildman–Crippen MR) is 114 cm³/mol. The van der Waals surface area contributed by atoms with Crippen LogP contribution < -0.4 is 14.4 Å². The lowest BCUT2D eigenvalue weighted by atomic mass is 10.1. The summed E-state index contributed by atoms with van der Waals surface area (Å²) in [6, 6.07) is 7.47. The number of benzene rings is 1. The molecule has 2 aromatic heterocycles. The lowest BCUT2D eigenvalue weighted by molar-refractivity contribution is 0.0743. The fourth-order valence-electron chi connectivity index (χ4n) is 3.59. The maximum absolute atomic E-state index is 13.0. The molecule has 0 bridgehead atoms. The number of hydrogen-bond acceptors (Lipinski definition) is 7. The van der Waals surface area contributed by atoms with Crippen LogP contribution in [-0.4, -0.2) is 61.2 Å². The molecule has 1 saturated heterocycles. The van der Waals surface area contributed by atoms with Crippen molar-refractivity contribution in [3.63, 3.8) is 0 Å². The van der Waals surface area contributed by atoms with Crippen LogP contribution in [0.5, 0.6) is 11.5 Å². The van der Waals surface area contributed by atoms with Crippen molar-refractivity contribution in [3.8, 4) is 11.5 Å². The highest BCUT2D eigenvalue weighted by Crippen LogP contribution is 2.31. The summed E-state index contributed by atoms with van der Waals surface area (Å²) < 4.78 is 10.6. The van der Waals surface area contributed by atoms with Crippen LogP contribution in [-0.2, 0) is 6.42 Å². The highest BCUT2D eigenvalue weighted by Gasteiger charge is 2.26. The molecule has 0 saturated carbocycles. The standard InChI is InChI=1S/C21H24N4O3S/c1-4-15-12-17-19(22-13-23-20(17)29-15)24-7-9-25(10-8-24)21(26)16-6-5-14(27-2)11-18(16)28-3/h5-6,11-13H,4,7-10H2,1-3H3. The second-order valence-electron chi connectivity index (χ2n) is 6.83. The van der Waals surface area contributed by atoms with E-state index in [4.69, 9.17) is 9.47 Å². The molecular weight excluding hydrogens is 388 g/mol. The summed E-state index contributed by atoms with van der Waals surface area (Å²) in [6.07, 6.45) is 2.62. The molecule has 0 radical (unpaired) electrons. The minimum atomic E-state index is -0.0270. The minimum Gasteiger partial charge on any atom is -0.497 e.